The van der Waals surface area contributed by atoms with E-state index in [0.29, 0.717) is 42.3 Å². The highest BCUT2D eigenvalue weighted by Crippen LogP contribution is 2.33. The fraction of sp³-hybridized carbons (Fsp3) is 0.300. The van der Waals surface area contributed by atoms with Crippen molar-refractivity contribution in [2.75, 3.05) is 13.7 Å². The van der Waals surface area contributed by atoms with Crippen LogP contribution in [-0.4, -0.2) is 23.9 Å². The SMILES string of the molecule is COc1cc(-c2nc(-c3ccc(CN)cc3)no2)ccc1OCC(C)C. The predicted octanol–water partition coefficient (Wildman–Crippen LogP) is 3.91. The Hall–Kier alpha value is -2.86. The molecule has 0 amide bonds. The Balaban J connectivity index is 1.84. The largest absolute Gasteiger partial charge is 0.493 e. The Morgan fingerprint density at radius 1 is 1.04 bits per heavy atom. The van der Waals surface area contributed by atoms with Crippen LogP contribution in [0.5, 0.6) is 11.5 Å². The fourth-order valence-electron chi connectivity index (χ4n) is 2.42. The number of methoxy groups -OCH3 is 1. The molecule has 136 valence electrons. The Kier molecular flexibility index (Phi) is 5.53. The monoisotopic (exact) mass is 353 g/mol. The van der Waals surface area contributed by atoms with Crippen LogP contribution in [0.15, 0.2) is 47.0 Å². The molecule has 3 aromatic rings. The molecule has 0 fully saturated rings. The zero-order chi connectivity index (χ0) is 18.5. The van der Waals surface area contributed by atoms with Gasteiger partial charge in [0.1, 0.15) is 0 Å². The Morgan fingerprint density at radius 2 is 1.77 bits per heavy atom. The van der Waals surface area contributed by atoms with Crippen molar-refractivity contribution in [2.45, 2.75) is 20.4 Å². The van der Waals surface area contributed by atoms with Crippen LogP contribution in [0.4, 0.5) is 0 Å². The summed E-state index contributed by atoms with van der Waals surface area (Å²) in [6.45, 7) is 5.32. The lowest BCUT2D eigenvalue weighted by atomic mass is 10.1. The van der Waals surface area contributed by atoms with Crippen LogP contribution in [0, 0.1) is 5.92 Å². The first-order valence-electron chi connectivity index (χ1n) is 8.55. The molecule has 6 heteroatoms. The van der Waals surface area contributed by atoms with Gasteiger partial charge in [-0.2, -0.15) is 4.98 Å². The number of nitrogens with zero attached hydrogens (tertiary/aromatic N) is 2. The highest BCUT2D eigenvalue weighted by molar-refractivity contribution is 5.63. The van der Waals surface area contributed by atoms with Crippen molar-refractivity contribution in [1.29, 1.82) is 0 Å². The van der Waals surface area contributed by atoms with Crippen LogP contribution in [0.25, 0.3) is 22.8 Å². The van der Waals surface area contributed by atoms with Gasteiger partial charge in [0.05, 0.1) is 13.7 Å². The molecule has 3 rings (SSSR count). The van der Waals surface area contributed by atoms with Gasteiger partial charge in [0.25, 0.3) is 5.89 Å². The van der Waals surface area contributed by atoms with Crippen molar-refractivity contribution in [1.82, 2.24) is 10.1 Å². The number of benzene rings is 2. The first kappa shape index (κ1) is 17.9. The first-order valence-corrected chi connectivity index (χ1v) is 8.55. The predicted molar refractivity (Wildman–Crippen MR) is 99.9 cm³/mol. The van der Waals surface area contributed by atoms with Crippen molar-refractivity contribution < 1.29 is 14.0 Å². The number of nitrogens with two attached hydrogens (primary N) is 1. The second-order valence-corrected chi connectivity index (χ2v) is 6.39. The van der Waals surface area contributed by atoms with E-state index in [1.54, 1.807) is 7.11 Å². The van der Waals surface area contributed by atoms with E-state index in [2.05, 4.69) is 24.0 Å². The average molecular weight is 353 g/mol. The van der Waals surface area contributed by atoms with Crippen molar-refractivity contribution >= 4 is 0 Å². The van der Waals surface area contributed by atoms with Gasteiger partial charge in [0.2, 0.25) is 5.82 Å². The van der Waals surface area contributed by atoms with Crippen molar-refractivity contribution in [2.24, 2.45) is 11.7 Å². The van der Waals surface area contributed by atoms with Gasteiger partial charge in [-0.15, -0.1) is 0 Å². The van der Waals surface area contributed by atoms with E-state index < -0.39 is 0 Å². The smallest absolute Gasteiger partial charge is 0.258 e. The lowest BCUT2D eigenvalue weighted by Gasteiger charge is -2.12. The maximum Gasteiger partial charge on any atom is 0.258 e. The molecule has 0 atom stereocenters. The summed E-state index contributed by atoms with van der Waals surface area (Å²) in [6, 6.07) is 13.3. The summed E-state index contributed by atoms with van der Waals surface area (Å²) in [4.78, 5) is 4.48. The van der Waals surface area contributed by atoms with Crippen LogP contribution < -0.4 is 15.2 Å². The number of aromatic nitrogens is 2. The summed E-state index contributed by atoms with van der Waals surface area (Å²) in [5.41, 5.74) is 8.33. The molecule has 0 saturated carbocycles. The molecule has 6 nitrogen and oxygen atoms in total. The minimum Gasteiger partial charge on any atom is -0.493 e. The molecule has 26 heavy (non-hydrogen) atoms. The van der Waals surface area contributed by atoms with Crippen LogP contribution >= 0.6 is 0 Å². The Morgan fingerprint density at radius 3 is 2.42 bits per heavy atom. The van der Waals surface area contributed by atoms with Crippen LogP contribution in [0.1, 0.15) is 19.4 Å². The second kappa shape index (κ2) is 8.01. The van der Waals surface area contributed by atoms with Crippen LogP contribution in [0.2, 0.25) is 0 Å². The number of hydrogen-bond acceptors (Lipinski definition) is 6. The maximum atomic E-state index is 5.77. The van der Waals surface area contributed by atoms with E-state index in [1.165, 1.54) is 0 Å². The first-order chi connectivity index (χ1) is 12.6. The summed E-state index contributed by atoms with van der Waals surface area (Å²) in [6.07, 6.45) is 0. The highest BCUT2D eigenvalue weighted by Gasteiger charge is 2.14. The van der Waals surface area contributed by atoms with E-state index in [4.69, 9.17) is 19.7 Å². The Labute approximate surface area is 152 Å². The van der Waals surface area contributed by atoms with E-state index in [1.807, 2.05) is 42.5 Å². The molecule has 0 aliphatic carbocycles. The summed E-state index contributed by atoms with van der Waals surface area (Å²) in [5, 5.41) is 4.07. The van der Waals surface area contributed by atoms with Crippen LogP contribution in [0.3, 0.4) is 0 Å². The molecule has 0 aliphatic heterocycles. The summed E-state index contributed by atoms with van der Waals surface area (Å²) >= 11 is 0. The van der Waals surface area contributed by atoms with E-state index >= 15 is 0 Å². The third kappa shape index (κ3) is 4.03. The molecule has 1 aromatic heterocycles. The van der Waals surface area contributed by atoms with Gasteiger partial charge < -0.3 is 19.7 Å². The third-order valence-corrected chi connectivity index (χ3v) is 3.86. The second-order valence-electron chi connectivity index (χ2n) is 6.39. The number of ether oxygens (including phenoxy) is 2. The molecule has 2 N–H and O–H groups in total. The van der Waals surface area contributed by atoms with Crippen molar-refractivity contribution in [3.63, 3.8) is 0 Å². The lowest BCUT2D eigenvalue weighted by Crippen LogP contribution is -2.05. The summed E-state index contributed by atoms with van der Waals surface area (Å²) in [5.74, 6) is 2.72. The normalized spacial score (nSPS) is 11.0. The van der Waals surface area contributed by atoms with Gasteiger partial charge in [-0.3, -0.25) is 0 Å². The molecule has 0 spiro atoms. The van der Waals surface area contributed by atoms with Gasteiger partial charge in [0.15, 0.2) is 11.5 Å². The van der Waals surface area contributed by atoms with Crippen molar-refractivity contribution in [3.05, 3.63) is 48.0 Å². The number of rotatable bonds is 7. The van der Waals surface area contributed by atoms with Gasteiger partial charge in [-0.1, -0.05) is 43.3 Å². The lowest BCUT2D eigenvalue weighted by molar-refractivity contribution is 0.257. The topological polar surface area (TPSA) is 83.4 Å². The highest BCUT2D eigenvalue weighted by atomic mass is 16.5. The minimum atomic E-state index is 0.427. The van der Waals surface area contributed by atoms with Crippen molar-refractivity contribution in [3.8, 4) is 34.3 Å². The zero-order valence-electron chi connectivity index (χ0n) is 15.2. The molecular formula is C20H23N3O3. The molecule has 2 aromatic carbocycles. The fourth-order valence-corrected chi connectivity index (χ4v) is 2.42. The average Bonchev–Trinajstić information content (AvgIpc) is 3.16. The third-order valence-electron chi connectivity index (χ3n) is 3.86. The van der Waals surface area contributed by atoms with Gasteiger partial charge in [0, 0.05) is 17.7 Å². The van der Waals surface area contributed by atoms with Gasteiger partial charge in [-0.05, 0) is 29.7 Å². The molecule has 1 heterocycles. The van der Waals surface area contributed by atoms with Crippen LogP contribution in [-0.2, 0) is 6.54 Å². The molecule has 0 bridgehead atoms. The van der Waals surface area contributed by atoms with E-state index in [0.717, 1.165) is 16.7 Å². The molecular weight excluding hydrogens is 330 g/mol. The standard InChI is InChI=1S/C20H23N3O3/c1-13(2)12-25-17-9-8-16(10-18(17)24-3)20-22-19(23-26-20)15-6-4-14(11-21)5-7-15/h4-10,13H,11-12,21H2,1-3H3. The summed E-state index contributed by atoms with van der Waals surface area (Å²) in [7, 11) is 1.61. The molecule has 0 radical (unpaired) electrons. The molecule has 0 saturated heterocycles. The molecule has 0 aliphatic rings. The molecule has 0 unspecified atom stereocenters. The minimum absolute atomic E-state index is 0.427. The number of hydrogen-bond donors (Lipinski definition) is 1. The van der Waals surface area contributed by atoms with Gasteiger partial charge in [-0.25, -0.2) is 0 Å². The maximum absolute atomic E-state index is 5.77. The van der Waals surface area contributed by atoms with Gasteiger partial charge >= 0.3 is 0 Å². The zero-order valence-corrected chi connectivity index (χ0v) is 15.2. The Bertz CT molecular complexity index is 857. The summed E-state index contributed by atoms with van der Waals surface area (Å²) < 4.78 is 16.6. The van der Waals surface area contributed by atoms with E-state index in [9.17, 15) is 0 Å². The quantitative estimate of drug-likeness (QED) is 0.693. The van der Waals surface area contributed by atoms with E-state index in [-0.39, 0.29) is 0 Å².